The highest BCUT2D eigenvalue weighted by molar-refractivity contribution is 5.79. The Morgan fingerprint density at radius 3 is 2.38 bits per heavy atom. The van der Waals surface area contributed by atoms with Crippen molar-refractivity contribution in [3.8, 4) is 5.75 Å². The smallest absolute Gasteiger partial charge is 0.315 e. The van der Waals surface area contributed by atoms with Crippen LogP contribution in [0.25, 0.3) is 0 Å². The van der Waals surface area contributed by atoms with Gasteiger partial charge in [-0.05, 0) is 44.4 Å². The summed E-state index contributed by atoms with van der Waals surface area (Å²) >= 11 is 0. The van der Waals surface area contributed by atoms with Crippen LogP contribution in [0.2, 0.25) is 0 Å². The van der Waals surface area contributed by atoms with Crippen molar-refractivity contribution in [2.75, 3.05) is 20.2 Å². The fraction of sp³-hybridized carbons (Fsp3) is 0.556. The van der Waals surface area contributed by atoms with Crippen LogP contribution in [0.4, 0.5) is 4.79 Å². The Balaban J connectivity index is 1.76. The number of piperidine rings is 1. The van der Waals surface area contributed by atoms with E-state index in [0.717, 1.165) is 24.2 Å². The Kier molecular flexibility index (Phi) is 6.46. The highest BCUT2D eigenvalue weighted by Crippen LogP contribution is 2.15. The fourth-order valence-corrected chi connectivity index (χ4v) is 2.79. The van der Waals surface area contributed by atoms with Gasteiger partial charge in [-0.3, -0.25) is 4.79 Å². The van der Waals surface area contributed by atoms with Gasteiger partial charge in [0.25, 0.3) is 0 Å². The molecule has 6 nitrogen and oxygen atoms in total. The van der Waals surface area contributed by atoms with E-state index < -0.39 is 0 Å². The van der Waals surface area contributed by atoms with E-state index in [-0.39, 0.29) is 24.0 Å². The second-order valence-corrected chi connectivity index (χ2v) is 6.45. The summed E-state index contributed by atoms with van der Waals surface area (Å²) in [6.07, 6.45) is 1.98. The van der Waals surface area contributed by atoms with Crippen molar-refractivity contribution in [3.63, 3.8) is 0 Å². The molecule has 1 aromatic rings. The third-order valence-electron chi connectivity index (χ3n) is 4.12. The molecule has 1 aliphatic rings. The number of carbonyl (C=O) groups is 2. The Morgan fingerprint density at radius 2 is 1.83 bits per heavy atom. The van der Waals surface area contributed by atoms with Crippen molar-refractivity contribution in [1.29, 1.82) is 0 Å². The molecule has 1 heterocycles. The summed E-state index contributed by atoms with van der Waals surface area (Å²) in [4.78, 5) is 26.0. The lowest BCUT2D eigenvalue weighted by Crippen LogP contribution is -2.50. The fourth-order valence-electron chi connectivity index (χ4n) is 2.79. The average Bonchev–Trinajstić information content (AvgIpc) is 2.55. The molecule has 2 N–H and O–H groups in total. The number of benzene rings is 1. The minimum Gasteiger partial charge on any atom is -0.497 e. The van der Waals surface area contributed by atoms with Crippen LogP contribution in [-0.4, -0.2) is 49.1 Å². The van der Waals surface area contributed by atoms with E-state index in [0.29, 0.717) is 19.5 Å². The zero-order valence-corrected chi connectivity index (χ0v) is 14.7. The number of likely N-dealkylation sites (tertiary alicyclic amines) is 1. The van der Waals surface area contributed by atoms with Gasteiger partial charge in [-0.25, -0.2) is 4.79 Å². The van der Waals surface area contributed by atoms with Crippen LogP contribution in [-0.2, 0) is 11.2 Å². The molecule has 0 aliphatic carbocycles. The van der Waals surface area contributed by atoms with E-state index in [9.17, 15) is 9.59 Å². The van der Waals surface area contributed by atoms with Crippen molar-refractivity contribution < 1.29 is 14.3 Å². The van der Waals surface area contributed by atoms with Crippen LogP contribution < -0.4 is 15.4 Å². The highest BCUT2D eigenvalue weighted by atomic mass is 16.5. The number of rotatable bonds is 5. The molecular weight excluding hydrogens is 306 g/mol. The predicted octanol–water partition coefficient (Wildman–Crippen LogP) is 1.94. The third kappa shape index (κ3) is 5.44. The summed E-state index contributed by atoms with van der Waals surface area (Å²) in [6, 6.07) is 7.69. The molecule has 0 bridgehead atoms. The maximum absolute atomic E-state index is 12.4. The molecule has 1 aromatic carbocycles. The van der Waals surface area contributed by atoms with Crippen molar-refractivity contribution >= 4 is 11.9 Å². The molecule has 3 amide bonds. The largest absolute Gasteiger partial charge is 0.497 e. The van der Waals surface area contributed by atoms with Crippen LogP contribution in [0.1, 0.15) is 32.3 Å². The third-order valence-corrected chi connectivity index (χ3v) is 4.12. The number of amides is 3. The summed E-state index contributed by atoms with van der Waals surface area (Å²) < 4.78 is 5.12. The molecule has 1 fully saturated rings. The number of nitrogens with zero attached hydrogens (tertiary/aromatic N) is 1. The van der Waals surface area contributed by atoms with E-state index in [1.54, 1.807) is 7.11 Å². The first-order chi connectivity index (χ1) is 11.5. The lowest BCUT2D eigenvalue weighted by Gasteiger charge is -2.32. The number of methoxy groups -OCH3 is 1. The lowest BCUT2D eigenvalue weighted by atomic mass is 10.0. The summed E-state index contributed by atoms with van der Waals surface area (Å²) in [5.41, 5.74) is 0.984. The molecule has 132 valence electrons. The van der Waals surface area contributed by atoms with Gasteiger partial charge >= 0.3 is 6.03 Å². The van der Waals surface area contributed by atoms with E-state index in [1.165, 1.54) is 0 Å². The Morgan fingerprint density at radius 1 is 1.21 bits per heavy atom. The Hall–Kier alpha value is -2.24. The SMILES string of the molecule is COc1ccc(CC(=O)N2CCC(NC(=O)NC(C)C)CC2)cc1. The van der Waals surface area contributed by atoms with Gasteiger partial charge < -0.3 is 20.3 Å². The first-order valence-electron chi connectivity index (χ1n) is 8.45. The molecule has 0 atom stereocenters. The first-order valence-corrected chi connectivity index (χ1v) is 8.45. The van der Waals surface area contributed by atoms with Gasteiger partial charge in [-0.1, -0.05) is 12.1 Å². The van der Waals surface area contributed by atoms with Gasteiger partial charge in [0.05, 0.1) is 13.5 Å². The highest BCUT2D eigenvalue weighted by Gasteiger charge is 2.23. The molecule has 24 heavy (non-hydrogen) atoms. The summed E-state index contributed by atoms with van der Waals surface area (Å²) in [5, 5.41) is 5.80. The zero-order chi connectivity index (χ0) is 17.5. The van der Waals surface area contributed by atoms with Gasteiger partial charge in [0.2, 0.25) is 5.91 Å². The predicted molar refractivity (Wildman–Crippen MR) is 93.1 cm³/mol. The van der Waals surface area contributed by atoms with Crippen LogP contribution in [0, 0.1) is 0 Å². The number of nitrogens with one attached hydrogen (secondary N) is 2. The molecule has 1 aliphatic heterocycles. The molecule has 0 unspecified atom stereocenters. The Labute approximate surface area is 143 Å². The monoisotopic (exact) mass is 333 g/mol. The summed E-state index contributed by atoms with van der Waals surface area (Å²) in [5.74, 6) is 0.919. The van der Waals surface area contributed by atoms with Crippen LogP contribution in [0.3, 0.4) is 0 Å². The normalized spacial score (nSPS) is 15.2. The quantitative estimate of drug-likeness (QED) is 0.865. The Bertz CT molecular complexity index is 549. The van der Waals surface area contributed by atoms with Gasteiger partial charge in [-0.15, -0.1) is 0 Å². The molecule has 2 rings (SSSR count). The number of urea groups is 1. The van der Waals surface area contributed by atoms with Crippen LogP contribution >= 0.6 is 0 Å². The van der Waals surface area contributed by atoms with E-state index >= 15 is 0 Å². The maximum Gasteiger partial charge on any atom is 0.315 e. The maximum atomic E-state index is 12.4. The summed E-state index contributed by atoms with van der Waals surface area (Å²) in [6.45, 7) is 5.23. The minimum atomic E-state index is -0.131. The van der Waals surface area contributed by atoms with Crippen molar-refractivity contribution in [1.82, 2.24) is 15.5 Å². The second kappa shape index (κ2) is 8.57. The van der Waals surface area contributed by atoms with E-state index in [1.807, 2.05) is 43.0 Å². The molecule has 0 spiro atoms. The van der Waals surface area contributed by atoms with Gasteiger partial charge in [0.15, 0.2) is 0 Å². The zero-order valence-electron chi connectivity index (χ0n) is 14.7. The second-order valence-electron chi connectivity index (χ2n) is 6.45. The standard InChI is InChI=1S/C18H27N3O3/c1-13(2)19-18(23)20-15-8-10-21(11-9-15)17(22)12-14-4-6-16(24-3)7-5-14/h4-7,13,15H,8-12H2,1-3H3,(H2,19,20,23). The number of hydrogen-bond acceptors (Lipinski definition) is 3. The van der Waals surface area contributed by atoms with Crippen LogP contribution in [0.15, 0.2) is 24.3 Å². The average molecular weight is 333 g/mol. The molecular formula is C18H27N3O3. The molecule has 0 radical (unpaired) electrons. The number of hydrogen-bond donors (Lipinski definition) is 2. The van der Waals surface area contributed by atoms with Gasteiger partial charge in [-0.2, -0.15) is 0 Å². The molecule has 0 saturated carbocycles. The van der Waals surface area contributed by atoms with Crippen molar-refractivity contribution in [2.24, 2.45) is 0 Å². The number of ether oxygens (including phenoxy) is 1. The topological polar surface area (TPSA) is 70.7 Å². The molecule has 1 saturated heterocycles. The number of carbonyl (C=O) groups excluding carboxylic acids is 2. The summed E-state index contributed by atoms with van der Waals surface area (Å²) in [7, 11) is 1.62. The molecule has 6 heteroatoms. The van der Waals surface area contributed by atoms with E-state index in [2.05, 4.69) is 10.6 Å². The van der Waals surface area contributed by atoms with E-state index in [4.69, 9.17) is 4.74 Å². The molecule has 0 aromatic heterocycles. The first kappa shape index (κ1) is 18.1. The van der Waals surface area contributed by atoms with Gasteiger partial charge in [0, 0.05) is 25.2 Å². The van der Waals surface area contributed by atoms with Gasteiger partial charge in [0.1, 0.15) is 5.75 Å². The lowest BCUT2D eigenvalue weighted by molar-refractivity contribution is -0.131. The minimum absolute atomic E-state index is 0.121. The van der Waals surface area contributed by atoms with Crippen molar-refractivity contribution in [3.05, 3.63) is 29.8 Å². The van der Waals surface area contributed by atoms with Crippen LogP contribution in [0.5, 0.6) is 5.75 Å². The van der Waals surface area contributed by atoms with Crippen molar-refractivity contribution in [2.45, 2.75) is 45.2 Å².